The van der Waals surface area contributed by atoms with Crippen molar-refractivity contribution in [3.63, 3.8) is 0 Å². The Hall–Kier alpha value is -3.11. The summed E-state index contributed by atoms with van der Waals surface area (Å²) in [5.74, 6) is -0.799. The maximum Gasteiger partial charge on any atom is 0.321 e. The van der Waals surface area contributed by atoms with Gasteiger partial charge < -0.3 is 10.1 Å². The van der Waals surface area contributed by atoms with E-state index in [-0.39, 0.29) is 6.04 Å². The van der Waals surface area contributed by atoms with Crippen molar-refractivity contribution >= 4 is 27.6 Å². The molecule has 6 rings (SSSR count). The molecule has 28 heavy (non-hydrogen) atoms. The van der Waals surface area contributed by atoms with Crippen molar-refractivity contribution in [1.82, 2.24) is 10.3 Å². The lowest BCUT2D eigenvalue weighted by molar-refractivity contribution is -0.139. The molecule has 3 N–H and O–H groups in total. The first-order valence-electron chi connectivity index (χ1n) is 9.82. The first-order valence-corrected chi connectivity index (χ1v) is 9.82. The number of fused-ring (bicyclic) bond motifs is 3. The van der Waals surface area contributed by atoms with Crippen molar-refractivity contribution in [3.8, 4) is 0 Å². The number of aromatic nitrogens is 1. The van der Waals surface area contributed by atoms with E-state index in [2.05, 4.69) is 52.8 Å². The van der Waals surface area contributed by atoms with E-state index in [9.17, 15) is 9.90 Å². The molecular weight excluding hydrogens is 348 g/mol. The Labute approximate surface area is 162 Å². The van der Waals surface area contributed by atoms with Gasteiger partial charge in [0.1, 0.15) is 6.04 Å². The molecule has 0 saturated heterocycles. The molecule has 4 aromatic rings. The summed E-state index contributed by atoms with van der Waals surface area (Å²) in [6.07, 6.45) is 2.67. The summed E-state index contributed by atoms with van der Waals surface area (Å²) in [4.78, 5) is 15.5. The van der Waals surface area contributed by atoms with Crippen LogP contribution < -0.4 is 5.32 Å². The Morgan fingerprint density at radius 3 is 2.57 bits per heavy atom. The van der Waals surface area contributed by atoms with Gasteiger partial charge in [-0.05, 0) is 51.9 Å². The average Bonchev–Trinajstić information content (AvgIpc) is 3.30. The Bertz CT molecular complexity index is 1260. The van der Waals surface area contributed by atoms with Crippen LogP contribution >= 0.6 is 0 Å². The number of hydrogen-bond acceptors (Lipinski definition) is 2. The van der Waals surface area contributed by atoms with Gasteiger partial charge in [0.25, 0.3) is 0 Å². The summed E-state index contributed by atoms with van der Waals surface area (Å²) in [6.45, 7) is 0. The third kappa shape index (κ3) is 2.12. The predicted octanol–water partition coefficient (Wildman–Crippen LogP) is 4.11. The highest BCUT2D eigenvalue weighted by molar-refractivity contribution is 5.94. The second-order valence-corrected chi connectivity index (χ2v) is 7.91. The summed E-state index contributed by atoms with van der Waals surface area (Å²) < 4.78 is 0. The van der Waals surface area contributed by atoms with Crippen LogP contribution in [-0.2, 0) is 24.1 Å². The molecule has 0 radical (unpaired) electrons. The zero-order valence-electron chi connectivity index (χ0n) is 15.3. The Kier molecular flexibility index (Phi) is 3.23. The zero-order chi connectivity index (χ0) is 18.8. The highest BCUT2D eigenvalue weighted by atomic mass is 16.4. The molecule has 2 atom stereocenters. The SMILES string of the molecule is O=C(O)[C@@H]1Cc2c([nH]c3ccccc23)[C@@H](c2ccc3c4c(cccc24)CC3)N1. The van der Waals surface area contributed by atoms with Crippen molar-refractivity contribution in [1.29, 1.82) is 0 Å². The molecule has 0 saturated carbocycles. The molecule has 1 aromatic heterocycles. The molecule has 0 amide bonds. The summed E-state index contributed by atoms with van der Waals surface area (Å²) in [6, 6.07) is 18.3. The number of rotatable bonds is 2. The summed E-state index contributed by atoms with van der Waals surface area (Å²) >= 11 is 0. The van der Waals surface area contributed by atoms with Crippen LogP contribution in [0.3, 0.4) is 0 Å². The number of aryl methyl sites for hydroxylation is 2. The van der Waals surface area contributed by atoms with E-state index in [1.54, 1.807) is 0 Å². The molecule has 3 aromatic carbocycles. The fourth-order valence-corrected chi connectivity index (χ4v) is 5.16. The number of para-hydroxylation sites is 1. The molecular formula is C24H20N2O2. The molecule has 2 heterocycles. The first-order chi connectivity index (χ1) is 13.7. The third-order valence-corrected chi connectivity index (χ3v) is 6.43. The second-order valence-electron chi connectivity index (χ2n) is 7.91. The van der Waals surface area contributed by atoms with E-state index >= 15 is 0 Å². The quantitative estimate of drug-likeness (QED) is 0.499. The molecule has 4 heteroatoms. The number of benzene rings is 3. The Morgan fingerprint density at radius 2 is 1.71 bits per heavy atom. The minimum Gasteiger partial charge on any atom is -0.480 e. The van der Waals surface area contributed by atoms with Gasteiger partial charge in [0.15, 0.2) is 0 Å². The summed E-state index contributed by atoms with van der Waals surface area (Å²) in [7, 11) is 0. The van der Waals surface area contributed by atoms with Crippen LogP contribution in [0, 0.1) is 0 Å². The van der Waals surface area contributed by atoms with Crippen LogP contribution in [0.5, 0.6) is 0 Å². The lowest BCUT2D eigenvalue weighted by Gasteiger charge is -2.30. The third-order valence-electron chi connectivity index (χ3n) is 6.43. The molecule has 0 fully saturated rings. The molecule has 0 bridgehead atoms. The number of H-pyrrole nitrogens is 1. The lowest BCUT2D eigenvalue weighted by atomic mass is 9.87. The van der Waals surface area contributed by atoms with E-state index in [1.807, 2.05) is 12.1 Å². The van der Waals surface area contributed by atoms with Crippen LogP contribution in [-0.4, -0.2) is 22.1 Å². The van der Waals surface area contributed by atoms with Crippen molar-refractivity contribution in [2.24, 2.45) is 0 Å². The molecule has 0 unspecified atom stereocenters. The normalized spacial score (nSPS) is 20.6. The molecule has 2 aliphatic rings. The van der Waals surface area contributed by atoms with Gasteiger partial charge in [-0.2, -0.15) is 0 Å². The monoisotopic (exact) mass is 368 g/mol. The van der Waals surface area contributed by atoms with Crippen LogP contribution in [0.25, 0.3) is 21.7 Å². The van der Waals surface area contributed by atoms with Crippen molar-refractivity contribution in [2.45, 2.75) is 31.3 Å². The molecule has 0 spiro atoms. The highest BCUT2D eigenvalue weighted by Gasteiger charge is 2.35. The topological polar surface area (TPSA) is 65.1 Å². The second kappa shape index (κ2) is 5.69. The number of aromatic amines is 1. The van der Waals surface area contributed by atoms with Crippen LogP contribution in [0.1, 0.15) is 34.0 Å². The average molecular weight is 368 g/mol. The maximum absolute atomic E-state index is 11.9. The van der Waals surface area contributed by atoms with Crippen molar-refractivity contribution < 1.29 is 9.90 Å². The van der Waals surface area contributed by atoms with Gasteiger partial charge >= 0.3 is 5.97 Å². The molecule has 1 aliphatic heterocycles. The van der Waals surface area contributed by atoms with E-state index in [0.29, 0.717) is 6.42 Å². The van der Waals surface area contributed by atoms with E-state index in [4.69, 9.17) is 0 Å². The predicted molar refractivity (Wildman–Crippen MR) is 110 cm³/mol. The number of carbonyl (C=O) groups is 1. The van der Waals surface area contributed by atoms with Gasteiger partial charge in [0, 0.05) is 23.0 Å². The number of aliphatic carboxylic acids is 1. The minimum atomic E-state index is -0.799. The molecule has 4 nitrogen and oxygen atoms in total. The fraction of sp³-hybridized carbons (Fsp3) is 0.208. The number of carboxylic acids is 1. The molecule has 138 valence electrons. The van der Waals surface area contributed by atoms with Gasteiger partial charge in [-0.1, -0.05) is 48.5 Å². The standard InChI is InChI=1S/C24H20N2O2/c27-24(28)20-12-18-15-5-1-2-7-19(15)25-23(18)22(26-20)17-11-10-14-9-8-13-4-3-6-16(17)21(13)14/h1-7,10-11,20,22,25-26H,8-9,12H2,(H,27,28)/t20-,22+/m0/s1. The number of nitrogens with one attached hydrogen (secondary N) is 2. The van der Waals surface area contributed by atoms with Gasteiger partial charge in [-0.15, -0.1) is 0 Å². The highest BCUT2D eigenvalue weighted by Crippen LogP contribution is 2.40. The largest absolute Gasteiger partial charge is 0.480 e. The van der Waals surface area contributed by atoms with Gasteiger partial charge in [-0.3, -0.25) is 10.1 Å². The van der Waals surface area contributed by atoms with Crippen molar-refractivity contribution in [3.05, 3.63) is 82.5 Å². The summed E-state index contributed by atoms with van der Waals surface area (Å²) in [5.41, 5.74) is 7.23. The van der Waals surface area contributed by atoms with Gasteiger partial charge in [-0.25, -0.2) is 0 Å². The zero-order valence-corrected chi connectivity index (χ0v) is 15.3. The van der Waals surface area contributed by atoms with E-state index < -0.39 is 12.0 Å². The minimum absolute atomic E-state index is 0.165. The molecule has 1 aliphatic carbocycles. The first kappa shape index (κ1) is 15.9. The fourth-order valence-electron chi connectivity index (χ4n) is 5.16. The van der Waals surface area contributed by atoms with Crippen LogP contribution in [0.15, 0.2) is 54.6 Å². The Morgan fingerprint density at radius 1 is 0.929 bits per heavy atom. The number of carboxylic acid groups (broad SMARTS) is 1. The smallest absolute Gasteiger partial charge is 0.321 e. The van der Waals surface area contributed by atoms with Crippen LogP contribution in [0.4, 0.5) is 0 Å². The summed E-state index contributed by atoms with van der Waals surface area (Å²) in [5, 5.41) is 16.9. The van der Waals surface area contributed by atoms with E-state index in [0.717, 1.165) is 40.6 Å². The number of hydrogen-bond donors (Lipinski definition) is 3. The van der Waals surface area contributed by atoms with Crippen molar-refractivity contribution in [2.75, 3.05) is 0 Å². The van der Waals surface area contributed by atoms with E-state index in [1.165, 1.54) is 21.9 Å². The maximum atomic E-state index is 11.9. The lowest BCUT2D eigenvalue weighted by Crippen LogP contribution is -2.45. The van der Waals surface area contributed by atoms with Crippen LogP contribution in [0.2, 0.25) is 0 Å². The Balaban J connectivity index is 1.62. The van der Waals surface area contributed by atoms with Gasteiger partial charge in [0.05, 0.1) is 6.04 Å². The van der Waals surface area contributed by atoms with Gasteiger partial charge in [0.2, 0.25) is 0 Å².